The van der Waals surface area contributed by atoms with E-state index in [0.29, 0.717) is 11.3 Å². The lowest BCUT2D eigenvalue weighted by atomic mass is 10.1. The number of nitrogens with one attached hydrogen (secondary N) is 1. The number of anilines is 2. The zero-order chi connectivity index (χ0) is 13.5. The van der Waals surface area contributed by atoms with E-state index in [1.54, 1.807) is 6.07 Å². The summed E-state index contributed by atoms with van der Waals surface area (Å²) in [5, 5.41) is 3.06. The summed E-state index contributed by atoms with van der Waals surface area (Å²) in [7, 11) is 3.84. The van der Waals surface area contributed by atoms with E-state index in [2.05, 4.69) is 19.2 Å². The highest BCUT2D eigenvalue weighted by molar-refractivity contribution is 6.01. The number of nitrogen functional groups attached to an aromatic ring is 1. The maximum Gasteiger partial charge on any atom is 0.253 e. The molecule has 2 rings (SSSR count). The van der Waals surface area contributed by atoms with Gasteiger partial charge in [-0.2, -0.15) is 0 Å². The summed E-state index contributed by atoms with van der Waals surface area (Å²) >= 11 is 0. The highest BCUT2D eigenvalue weighted by Gasteiger charge is 2.46. The van der Waals surface area contributed by atoms with E-state index in [4.69, 9.17) is 5.73 Å². The van der Waals surface area contributed by atoms with E-state index in [0.717, 1.165) is 12.1 Å². The lowest BCUT2D eigenvalue weighted by molar-refractivity contribution is 0.0947. The second-order valence-corrected chi connectivity index (χ2v) is 5.89. The van der Waals surface area contributed by atoms with Gasteiger partial charge < -0.3 is 16.0 Å². The van der Waals surface area contributed by atoms with Crippen molar-refractivity contribution in [3.05, 3.63) is 23.8 Å². The van der Waals surface area contributed by atoms with Crippen LogP contribution in [-0.2, 0) is 0 Å². The zero-order valence-corrected chi connectivity index (χ0v) is 11.4. The fraction of sp³-hybridized carbons (Fsp3) is 0.500. The number of hydrogen-bond acceptors (Lipinski definition) is 3. The van der Waals surface area contributed by atoms with E-state index in [1.165, 1.54) is 0 Å². The van der Waals surface area contributed by atoms with Crippen LogP contribution in [0.2, 0.25) is 0 Å². The first-order valence-corrected chi connectivity index (χ1v) is 6.19. The van der Waals surface area contributed by atoms with Crippen LogP contribution in [0.3, 0.4) is 0 Å². The van der Waals surface area contributed by atoms with Crippen LogP contribution in [0.25, 0.3) is 0 Å². The molecule has 0 saturated heterocycles. The van der Waals surface area contributed by atoms with Crippen molar-refractivity contribution >= 4 is 17.3 Å². The van der Waals surface area contributed by atoms with Crippen molar-refractivity contribution in [1.29, 1.82) is 0 Å². The third kappa shape index (κ3) is 2.42. The number of rotatable bonds is 3. The first kappa shape index (κ1) is 12.7. The number of benzene rings is 1. The molecule has 1 saturated carbocycles. The van der Waals surface area contributed by atoms with Crippen LogP contribution in [0.4, 0.5) is 11.4 Å². The van der Waals surface area contributed by atoms with Gasteiger partial charge in [-0.05, 0) is 30.0 Å². The molecule has 1 fully saturated rings. The molecule has 1 aromatic carbocycles. The summed E-state index contributed by atoms with van der Waals surface area (Å²) in [6.45, 7) is 4.31. The Hall–Kier alpha value is -1.71. The van der Waals surface area contributed by atoms with E-state index < -0.39 is 0 Å². The lowest BCUT2D eigenvalue weighted by Gasteiger charge is -2.18. The number of amides is 1. The van der Waals surface area contributed by atoms with Gasteiger partial charge in [-0.1, -0.05) is 13.8 Å². The minimum absolute atomic E-state index is 0.0402. The van der Waals surface area contributed by atoms with Crippen LogP contribution in [0, 0.1) is 5.41 Å². The summed E-state index contributed by atoms with van der Waals surface area (Å²) in [6, 6.07) is 5.71. The molecule has 4 heteroatoms. The average molecular weight is 247 g/mol. The SMILES string of the molecule is CN(C)c1ccc(N)cc1C(=O)NC1CC1(C)C. The van der Waals surface area contributed by atoms with Gasteiger partial charge in [0.05, 0.1) is 5.56 Å². The standard InChI is InChI=1S/C14H21N3O/c1-14(2)8-12(14)16-13(18)10-7-9(15)5-6-11(10)17(3)4/h5-7,12H,8,15H2,1-4H3,(H,16,18). The van der Waals surface area contributed by atoms with Crippen LogP contribution >= 0.6 is 0 Å². The Labute approximate surface area is 108 Å². The van der Waals surface area contributed by atoms with Crippen molar-refractivity contribution in [2.24, 2.45) is 5.41 Å². The van der Waals surface area contributed by atoms with Crippen LogP contribution in [-0.4, -0.2) is 26.0 Å². The molecular weight excluding hydrogens is 226 g/mol. The topological polar surface area (TPSA) is 58.4 Å². The van der Waals surface area contributed by atoms with Crippen molar-refractivity contribution < 1.29 is 4.79 Å². The second kappa shape index (κ2) is 4.19. The number of carbonyl (C=O) groups is 1. The van der Waals surface area contributed by atoms with Gasteiger partial charge in [-0.25, -0.2) is 0 Å². The lowest BCUT2D eigenvalue weighted by Crippen LogP contribution is -2.30. The molecule has 1 amide bonds. The van der Waals surface area contributed by atoms with Crippen molar-refractivity contribution in [1.82, 2.24) is 5.32 Å². The van der Waals surface area contributed by atoms with Crippen molar-refractivity contribution in [2.75, 3.05) is 24.7 Å². The fourth-order valence-corrected chi connectivity index (χ4v) is 2.08. The molecule has 1 unspecified atom stereocenters. The quantitative estimate of drug-likeness (QED) is 0.802. The van der Waals surface area contributed by atoms with Crippen LogP contribution in [0.5, 0.6) is 0 Å². The zero-order valence-electron chi connectivity index (χ0n) is 11.4. The second-order valence-electron chi connectivity index (χ2n) is 5.89. The van der Waals surface area contributed by atoms with E-state index >= 15 is 0 Å². The molecule has 0 heterocycles. The van der Waals surface area contributed by atoms with Gasteiger partial charge in [-0.3, -0.25) is 4.79 Å². The molecule has 98 valence electrons. The van der Waals surface area contributed by atoms with Crippen molar-refractivity contribution in [3.8, 4) is 0 Å². The Morgan fingerprint density at radius 3 is 2.56 bits per heavy atom. The molecule has 0 radical (unpaired) electrons. The third-order valence-corrected chi connectivity index (χ3v) is 3.57. The van der Waals surface area contributed by atoms with Gasteiger partial charge in [0.2, 0.25) is 0 Å². The van der Waals surface area contributed by atoms with Crippen LogP contribution in [0.15, 0.2) is 18.2 Å². The van der Waals surface area contributed by atoms with Gasteiger partial charge in [-0.15, -0.1) is 0 Å². The number of nitrogens with zero attached hydrogens (tertiary/aromatic N) is 1. The van der Waals surface area contributed by atoms with Gasteiger partial charge in [0, 0.05) is 31.5 Å². The maximum atomic E-state index is 12.3. The molecule has 1 atom stereocenters. The number of carbonyl (C=O) groups excluding carboxylic acids is 1. The molecule has 0 aliphatic heterocycles. The molecule has 0 aromatic heterocycles. The highest BCUT2D eigenvalue weighted by Crippen LogP contribution is 2.44. The van der Waals surface area contributed by atoms with Crippen molar-refractivity contribution in [2.45, 2.75) is 26.3 Å². The molecule has 0 spiro atoms. The first-order chi connectivity index (χ1) is 8.31. The highest BCUT2D eigenvalue weighted by atomic mass is 16.1. The maximum absolute atomic E-state index is 12.3. The fourth-order valence-electron chi connectivity index (χ4n) is 2.08. The molecule has 3 N–H and O–H groups in total. The molecule has 1 aliphatic carbocycles. The summed E-state index contributed by atoms with van der Waals surface area (Å²) in [6.07, 6.45) is 1.04. The Morgan fingerprint density at radius 2 is 2.06 bits per heavy atom. The monoisotopic (exact) mass is 247 g/mol. The molecule has 4 nitrogen and oxygen atoms in total. The summed E-state index contributed by atoms with van der Waals surface area (Å²) in [5.41, 5.74) is 8.14. The third-order valence-electron chi connectivity index (χ3n) is 3.57. The van der Waals surface area contributed by atoms with Gasteiger partial charge in [0.25, 0.3) is 5.91 Å². The summed E-state index contributed by atoms with van der Waals surface area (Å²) in [5.74, 6) is -0.0402. The molecule has 18 heavy (non-hydrogen) atoms. The molecule has 0 bridgehead atoms. The smallest absolute Gasteiger partial charge is 0.253 e. The Bertz CT molecular complexity index is 480. The Kier molecular flexibility index (Phi) is 2.97. The number of nitrogens with two attached hydrogens (primary N) is 1. The van der Waals surface area contributed by atoms with E-state index in [1.807, 2.05) is 31.1 Å². The Morgan fingerprint density at radius 1 is 1.44 bits per heavy atom. The predicted molar refractivity (Wildman–Crippen MR) is 74.8 cm³/mol. The van der Waals surface area contributed by atoms with Gasteiger partial charge >= 0.3 is 0 Å². The van der Waals surface area contributed by atoms with Gasteiger partial charge in [0.1, 0.15) is 0 Å². The molecule has 1 aliphatic rings. The molecule has 1 aromatic rings. The van der Waals surface area contributed by atoms with Crippen LogP contribution < -0.4 is 16.0 Å². The first-order valence-electron chi connectivity index (χ1n) is 6.19. The summed E-state index contributed by atoms with van der Waals surface area (Å²) in [4.78, 5) is 14.2. The van der Waals surface area contributed by atoms with E-state index in [-0.39, 0.29) is 17.4 Å². The van der Waals surface area contributed by atoms with Crippen molar-refractivity contribution in [3.63, 3.8) is 0 Å². The normalized spacial score (nSPS) is 20.3. The minimum atomic E-state index is -0.0402. The largest absolute Gasteiger partial charge is 0.399 e. The number of hydrogen-bond donors (Lipinski definition) is 2. The van der Waals surface area contributed by atoms with E-state index in [9.17, 15) is 4.79 Å². The van der Waals surface area contributed by atoms with Crippen LogP contribution in [0.1, 0.15) is 30.6 Å². The Balaban J connectivity index is 2.21. The minimum Gasteiger partial charge on any atom is -0.399 e. The average Bonchev–Trinajstić information content (AvgIpc) is 2.85. The van der Waals surface area contributed by atoms with Gasteiger partial charge in [0.15, 0.2) is 0 Å². The summed E-state index contributed by atoms with van der Waals surface area (Å²) < 4.78 is 0. The molecular formula is C14H21N3O. The predicted octanol–water partition coefficient (Wildman–Crippen LogP) is 1.86.